The normalized spacial score (nSPS) is 22.5. The Labute approximate surface area is 149 Å². The molecule has 140 valence electrons. The monoisotopic (exact) mass is 350 g/mol. The van der Waals surface area contributed by atoms with E-state index in [1.165, 1.54) is 32.1 Å². The van der Waals surface area contributed by atoms with E-state index in [0.717, 1.165) is 12.8 Å². The highest BCUT2D eigenvalue weighted by Gasteiger charge is 2.36. The zero-order chi connectivity index (χ0) is 17.6. The van der Waals surface area contributed by atoms with Gasteiger partial charge >= 0.3 is 5.97 Å². The van der Waals surface area contributed by atoms with Gasteiger partial charge in [0.15, 0.2) is 6.61 Å². The minimum Gasteiger partial charge on any atom is -0.455 e. The van der Waals surface area contributed by atoms with Gasteiger partial charge in [0, 0.05) is 25.6 Å². The first kappa shape index (κ1) is 18.2. The number of likely N-dealkylation sites (tertiary alicyclic amines) is 1. The molecule has 1 saturated heterocycles. The number of piperidine rings is 1. The van der Waals surface area contributed by atoms with Crippen LogP contribution in [0.15, 0.2) is 0 Å². The fourth-order valence-electron chi connectivity index (χ4n) is 3.88. The maximum absolute atomic E-state index is 12.1. The lowest BCUT2D eigenvalue weighted by molar-refractivity contribution is -0.155. The molecule has 25 heavy (non-hydrogen) atoms. The summed E-state index contributed by atoms with van der Waals surface area (Å²) in [5, 5.41) is 2.88. The molecule has 1 aliphatic heterocycles. The lowest BCUT2D eigenvalue weighted by Gasteiger charge is -2.31. The van der Waals surface area contributed by atoms with E-state index >= 15 is 0 Å². The van der Waals surface area contributed by atoms with Crippen molar-refractivity contribution in [3.05, 3.63) is 0 Å². The number of hydrogen-bond donors (Lipinski definition) is 1. The van der Waals surface area contributed by atoms with E-state index in [0.29, 0.717) is 38.4 Å². The first-order chi connectivity index (χ1) is 12.1. The summed E-state index contributed by atoms with van der Waals surface area (Å²) in [6, 6.07) is 0. The third kappa shape index (κ3) is 5.44. The van der Waals surface area contributed by atoms with Crippen molar-refractivity contribution in [2.75, 3.05) is 26.2 Å². The van der Waals surface area contributed by atoms with Gasteiger partial charge in [0.1, 0.15) is 0 Å². The number of nitrogens with one attached hydrogen (secondary N) is 1. The highest BCUT2D eigenvalue weighted by atomic mass is 16.5. The van der Waals surface area contributed by atoms with Crippen LogP contribution in [0.2, 0.25) is 0 Å². The fourth-order valence-corrected chi connectivity index (χ4v) is 3.88. The van der Waals surface area contributed by atoms with Crippen molar-refractivity contribution in [3.63, 3.8) is 0 Å². The molecule has 3 fully saturated rings. The second-order valence-electron chi connectivity index (χ2n) is 7.79. The van der Waals surface area contributed by atoms with Gasteiger partial charge in [0.05, 0.1) is 5.92 Å². The van der Waals surface area contributed by atoms with Crippen LogP contribution in [0.4, 0.5) is 0 Å². The molecule has 0 radical (unpaired) electrons. The molecule has 6 heteroatoms. The number of esters is 1. The van der Waals surface area contributed by atoms with E-state index in [1.807, 2.05) is 4.90 Å². The van der Waals surface area contributed by atoms with Crippen molar-refractivity contribution < 1.29 is 19.1 Å². The maximum atomic E-state index is 12.1. The van der Waals surface area contributed by atoms with E-state index in [1.54, 1.807) is 0 Å². The van der Waals surface area contributed by atoms with Crippen molar-refractivity contribution in [1.82, 2.24) is 10.2 Å². The molecule has 0 unspecified atom stereocenters. The number of ether oxygens (including phenoxy) is 1. The van der Waals surface area contributed by atoms with Crippen molar-refractivity contribution in [1.29, 1.82) is 0 Å². The van der Waals surface area contributed by atoms with Crippen molar-refractivity contribution in [2.45, 2.75) is 57.8 Å². The number of carbonyl (C=O) groups excluding carboxylic acids is 3. The van der Waals surface area contributed by atoms with Crippen LogP contribution >= 0.6 is 0 Å². The number of rotatable bonds is 6. The Balaban J connectivity index is 1.29. The van der Waals surface area contributed by atoms with Crippen molar-refractivity contribution >= 4 is 17.8 Å². The molecule has 3 aliphatic rings. The minimum absolute atomic E-state index is 0.186. The average molecular weight is 350 g/mol. The van der Waals surface area contributed by atoms with Gasteiger partial charge in [-0.2, -0.15) is 0 Å². The Hall–Kier alpha value is -1.59. The first-order valence-corrected chi connectivity index (χ1v) is 9.85. The van der Waals surface area contributed by atoms with Gasteiger partial charge in [-0.3, -0.25) is 14.4 Å². The van der Waals surface area contributed by atoms with E-state index < -0.39 is 0 Å². The summed E-state index contributed by atoms with van der Waals surface area (Å²) in [5.74, 6) is 0.355. The Morgan fingerprint density at radius 2 is 1.56 bits per heavy atom. The number of amides is 2. The summed E-state index contributed by atoms with van der Waals surface area (Å²) in [5.41, 5.74) is 0. The Bertz CT molecular complexity index is 490. The summed E-state index contributed by atoms with van der Waals surface area (Å²) in [4.78, 5) is 37.9. The molecule has 1 N–H and O–H groups in total. The van der Waals surface area contributed by atoms with E-state index in [2.05, 4.69) is 5.32 Å². The van der Waals surface area contributed by atoms with Crippen LogP contribution in [0, 0.1) is 17.8 Å². The van der Waals surface area contributed by atoms with Crippen LogP contribution in [0.25, 0.3) is 0 Å². The first-order valence-electron chi connectivity index (χ1n) is 9.85. The molecular weight excluding hydrogens is 320 g/mol. The zero-order valence-electron chi connectivity index (χ0n) is 15.0. The topological polar surface area (TPSA) is 75.7 Å². The second kappa shape index (κ2) is 8.68. The Morgan fingerprint density at radius 3 is 2.20 bits per heavy atom. The number of hydrogen-bond acceptors (Lipinski definition) is 4. The second-order valence-corrected chi connectivity index (χ2v) is 7.79. The molecule has 0 bridgehead atoms. The predicted octanol–water partition coefficient (Wildman–Crippen LogP) is 1.87. The zero-order valence-corrected chi connectivity index (χ0v) is 15.0. The lowest BCUT2D eigenvalue weighted by Crippen LogP contribution is -2.42. The quantitative estimate of drug-likeness (QED) is 0.742. The largest absolute Gasteiger partial charge is 0.455 e. The van der Waals surface area contributed by atoms with Gasteiger partial charge in [0.25, 0.3) is 5.91 Å². The van der Waals surface area contributed by atoms with Gasteiger partial charge in [-0.1, -0.05) is 19.3 Å². The smallest absolute Gasteiger partial charge is 0.309 e. The molecule has 0 spiro atoms. The minimum atomic E-state index is -0.300. The van der Waals surface area contributed by atoms with E-state index in [9.17, 15) is 14.4 Å². The maximum Gasteiger partial charge on any atom is 0.309 e. The molecule has 6 nitrogen and oxygen atoms in total. The molecular formula is C19H30N2O4. The molecule has 1 heterocycles. The van der Waals surface area contributed by atoms with Crippen LogP contribution < -0.4 is 5.32 Å². The summed E-state index contributed by atoms with van der Waals surface area (Å²) >= 11 is 0. The average Bonchev–Trinajstić information content (AvgIpc) is 3.50. The highest BCUT2D eigenvalue weighted by molar-refractivity contribution is 5.82. The summed E-state index contributed by atoms with van der Waals surface area (Å²) in [6.07, 6.45) is 9.45. The molecule has 2 saturated carbocycles. The SMILES string of the molecule is O=C(COC(=O)C1CCN(C(=O)C2CC2)CC1)NCC1CCCCC1. The molecule has 0 aromatic rings. The van der Waals surface area contributed by atoms with E-state index in [-0.39, 0.29) is 36.2 Å². The summed E-state index contributed by atoms with van der Waals surface area (Å²) in [7, 11) is 0. The van der Waals surface area contributed by atoms with Crippen molar-refractivity contribution in [3.8, 4) is 0 Å². The standard InChI is InChI=1S/C19H30N2O4/c22-17(20-12-14-4-2-1-3-5-14)13-25-19(24)16-8-10-21(11-9-16)18(23)15-6-7-15/h14-16H,1-13H2,(H,20,22). The Kier molecular flexibility index (Phi) is 6.32. The summed E-state index contributed by atoms with van der Waals surface area (Å²) < 4.78 is 5.18. The van der Waals surface area contributed by atoms with E-state index in [4.69, 9.17) is 4.74 Å². The summed E-state index contributed by atoms with van der Waals surface area (Å²) in [6.45, 7) is 1.76. The van der Waals surface area contributed by atoms with Crippen LogP contribution in [-0.2, 0) is 19.1 Å². The van der Waals surface area contributed by atoms with Gasteiger partial charge in [0.2, 0.25) is 5.91 Å². The third-order valence-electron chi connectivity index (χ3n) is 5.72. The molecule has 0 atom stereocenters. The van der Waals surface area contributed by atoms with Crippen molar-refractivity contribution in [2.24, 2.45) is 17.8 Å². The number of carbonyl (C=O) groups is 3. The molecule has 3 rings (SSSR count). The molecule has 2 amide bonds. The van der Waals surface area contributed by atoms with Crippen LogP contribution in [0.5, 0.6) is 0 Å². The lowest BCUT2D eigenvalue weighted by atomic mass is 9.89. The predicted molar refractivity (Wildman–Crippen MR) is 92.6 cm³/mol. The van der Waals surface area contributed by atoms with Gasteiger partial charge in [-0.15, -0.1) is 0 Å². The molecule has 2 aliphatic carbocycles. The van der Waals surface area contributed by atoms with Crippen LogP contribution in [0.1, 0.15) is 57.8 Å². The van der Waals surface area contributed by atoms with Crippen LogP contribution in [0.3, 0.4) is 0 Å². The van der Waals surface area contributed by atoms with Crippen LogP contribution in [-0.4, -0.2) is 48.9 Å². The molecule has 0 aromatic carbocycles. The van der Waals surface area contributed by atoms with Gasteiger partial charge < -0.3 is 15.0 Å². The van der Waals surface area contributed by atoms with Gasteiger partial charge in [-0.25, -0.2) is 0 Å². The van der Waals surface area contributed by atoms with Gasteiger partial charge in [-0.05, 0) is 44.4 Å². The fraction of sp³-hybridized carbons (Fsp3) is 0.842. The molecule has 0 aromatic heterocycles. The third-order valence-corrected chi connectivity index (χ3v) is 5.72. The number of nitrogens with zero attached hydrogens (tertiary/aromatic N) is 1. The highest BCUT2D eigenvalue weighted by Crippen LogP contribution is 2.32. The Morgan fingerprint density at radius 1 is 0.880 bits per heavy atom.